The number of hydrogen-bond acceptors (Lipinski definition) is 5. The molecule has 25 heavy (non-hydrogen) atoms. The maximum atomic E-state index is 12.4. The van der Waals surface area contributed by atoms with E-state index in [0.717, 1.165) is 22.7 Å². The molecule has 0 fully saturated rings. The lowest BCUT2D eigenvalue weighted by Crippen LogP contribution is -2.31. The Bertz CT molecular complexity index is 1060. The molecule has 3 rings (SSSR count). The molecule has 0 saturated heterocycles. The fourth-order valence-corrected chi connectivity index (χ4v) is 3.47. The van der Waals surface area contributed by atoms with Gasteiger partial charge in [-0.2, -0.15) is 0 Å². The first-order chi connectivity index (χ1) is 11.9. The number of hydrogen-bond donors (Lipinski definition) is 2. The van der Waals surface area contributed by atoms with Gasteiger partial charge in [0.25, 0.3) is 5.91 Å². The molecule has 0 saturated carbocycles. The Morgan fingerprint density at radius 1 is 1.04 bits per heavy atom. The summed E-state index contributed by atoms with van der Waals surface area (Å²) in [6.07, 6.45) is 1.07. The average Bonchev–Trinajstić information content (AvgIpc) is 2.59. The van der Waals surface area contributed by atoms with Gasteiger partial charge in [-0.3, -0.25) is 15.6 Å². The van der Waals surface area contributed by atoms with Crippen LogP contribution in [0, 0.1) is 6.92 Å². The van der Waals surface area contributed by atoms with Crippen molar-refractivity contribution < 1.29 is 13.2 Å². The zero-order valence-corrected chi connectivity index (χ0v) is 14.6. The van der Waals surface area contributed by atoms with Crippen molar-refractivity contribution in [2.45, 2.75) is 11.8 Å². The molecule has 0 radical (unpaired) electrons. The van der Waals surface area contributed by atoms with Crippen LogP contribution in [0.2, 0.25) is 0 Å². The van der Waals surface area contributed by atoms with Gasteiger partial charge < -0.3 is 0 Å². The highest BCUT2D eigenvalue weighted by Crippen LogP contribution is 2.19. The van der Waals surface area contributed by atoms with Crippen LogP contribution in [0.15, 0.2) is 59.5 Å². The third-order valence-corrected chi connectivity index (χ3v) is 4.91. The number of nitrogens with zero attached hydrogens (tertiary/aromatic N) is 1. The number of anilines is 1. The van der Waals surface area contributed by atoms with Crippen molar-refractivity contribution in [3.05, 3.63) is 65.7 Å². The minimum Gasteiger partial charge on any atom is -0.282 e. The van der Waals surface area contributed by atoms with Crippen LogP contribution in [-0.4, -0.2) is 25.6 Å². The number of aromatic nitrogens is 1. The predicted molar refractivity (Wildman–Crippen MR) is 97.1 cm³/mol. The minimum absolute atomic E-state index is 0.0167. The Morgan fingerprint density at radius 3 is 2.48 bits per heavy atom. The number of nitrogens with one attached hydrogen (secondary N) is 2. The minimum atomic E-state index is -3.50. The van der Waals surface area contributed by atoms with E-state index in [0.29, 0.717) is 5.82 Å². The fraction of sp³-hybridized carbons (Fsp3) is 0.111. The second-order valence-electron chi connectivity index (χ2n) is 5.69. The van der Waals surface area contributed by atoms with Gasteiger partial charge in [0.15, 0.2) is 9.84 Å². The van der Waals surface area contributed by atoms with Crippen molar-refractivity contribution in [2.75, 3.05) is 11.7 Å². The average molecular weight is 355 g/mol. The molecule has 0 bridgehead atoms. The lowest BCUT2D eigenvalue weighted by molar-refractivity contribution is 0.0959. The Balaban J connectivity index is 1.84. The van der Waals surface area contributed by atoms with Gasteiger partial charge in [-0.25, -0.2) is 13.4 Å². The third-order valence-electron chi connectivity index (χ3n) is 3.76. The molecular weight excluding hydrogens is 338 g/mol. The van der Waals surface area contributed by atoms with Crippen molar-refractivity contribution in [2.24, 2.45) is 0 Å². The number of benzene rings is 2. The smallest absolute Gasteiger partial charge is 0.270 e. The molecule has 7 heteroatoms. The number of para-hydroxylation sites is 1. The summed E-state index contributed by atoms with van der Waals surface area (Å²) in [6, 6.07) is 15.6. The highest BCUT2D eigenvalue weighted by atomic mass is 32.2. The van der Waals surface area contributed by atoms with Crippen molar-refractivity contribution in [3.8, 4) is 0 Å². The largest absolute Gasteiger partial charge is 0.282 e. The zero-order chi connectivity index (χ0) is 18.0. The zero-order valence-electron chi connectivity index (χ0n) is 13.8. The molecule has 0 unspecified atom stereocenters. The Morgan fingerprint density at radius 2 is 1.72 bits per heavy atom. The van der Waals surface area contributed by atoms with E-state index in [1.54, 1.807) is 12.1 Å². The molecule has 1 heterocycles. The summed E-state index contributed by atoms with van der Waals surface area (Å²) in [5.74, 6) is -0.0741. The van der Waals surface area contributed by atoms with Gasteiger partial charge in [0.2, 0.25) is 0 Å². The maximum Gasteiger partial charge on any atom is 0.270 e. The van der Waals surface area contributed by atoms with Gasteiger partial charge in [-0.1, -0.05) is 30.3 Å². The Hall–Kier alpha value is -2.93. The van der Waals surface area contributed by atoms with Gasteiger partial charge in [0, 0.05) is 11.6 Å². The summed E-state index contributed by atoms with van der Waals surface area (Å²) in [4.78, 5) is 16.8. The van der Waals surface area contributed by atoms with Crippen LogP contribution in [0.25, 0.3) is 10.9 Å². The fourth-order valence-electron chi connectivity index (χ4n) is 2.58. The molecule has 2 aromatic carbocycles. The quantitative estimate of drug-likeness (QED) is 0.703. The number of aryl methyl sites for hydroxylation is 1. The summed E-state index contributed by atoms with van der Waals surface area (Å²) in [5, 5.41) is 1.03. The van der Waals surface area contributed by atoms with E-state index >= 15 is 0 Å². The van der Waals surface area contributed by atoms with Crippen molar-refractivity contribution in [3.63, 3.8) is 0 Å². The SMILES string of the molecule is Cc1cc(NNC(=O)c2ccccc2S(C)(=O)=O)nc2ccccc12. The van der Waals surface area contributed by atoms with E-state index < -0.39 is 15.7 Å². The predicted octanol–water partition coefficient (Wildman–Crippen LogP) is 2.70. The Kier molecular flexibility index (Phi) is 4.41. The van der Waals surface area contributed by atoms with E-state index in [-0.39, 0.29) is 10.5 Å². The lowest BCUT2D eigenvalue weighted by Gasteiger charge is -2.12. The van der Waals surface area contributed by atoms with Crippen LogP contribution < -0.4 is 10.9 Å². The molecular formula is C18H17N3O3S. The number of rotatable bonds is 4. The van der Waals surface area contributed by atoms with Gasteiger partial charge in [0.05, 0.1) is 16.0 Å². The first-order valence-corrected chi connectivity index (χ1v) is 9.47. The Labute approximate surface area is 145 Å². The lowest BCUT2D eigenvalue weighted by atomic mass is 10.1. The van der Waals surface area contributed by atoms with Crippen LogP contribution in [0.5, 0.6) is 0 Å². The van der Waals surface area contributed by atoms with Crippen LogP contribution >= 0.6 is 0 Å². The van der Waals surface area contributed by atoms with Gasteiger partial charge in [-0.15, -0.1) is 0 Å². The third kappa shape index (κ3) is 3.61. The molecule has 1 amide bonds. The van der Waals surface area contributed by atoms with E-state index in [2.05, 4.69) is 15.8 Å². The summed E-state index contributed by atoms with van der Waals surface area (Å²) in [5.41, 5.74) is 7.15. The first kappa shape index (κ1) is 16.9. The second-order valence-corrected chi connectivity index (χ2v) is 7.67. The van der Waals surface area contributed by atoms with E-state index in [4.69, 9.17) is 0 Å². The summed E-state index contributed by atoms with van der Waals surface area (Å²) >= 11 is 0. The maximum absolute atomic E-state index is 12.4. The highest BCUT2D eigenvalue weighted by molar-refractivity contribution is 7.90. The van der Waals surface area contributed by atoms with Gasteiger partial charge in [-0.05, 0) is 36.8 Å². The molecule has 2 N–H and O–H groups in total. The van der Waals surface area contributed by atoms with Crippen molar-refractivity contribution >= 4 is 32.5 Å². The van der Waals surface area contributed by atoms with E-state index in [9.17, 15) is 13.2 Å². The summed E-state index contributed by atoms with van der Waals surface area (Å²) < 4.78 is 23.6. The van der Waals surface area contributed by atoms with Crippen molar-refractivity contribution in [1.82, 2.24) is 10.4 Å². The second kappa shape index (κ2) is 6.52. The summed E-state index contributed by atoms with van der Waals surface area (Å²) in [7, 11) is -3.50. The molecule has 1 aromatic heterocycles. The molecule has 128 valence electrons. The standard InChI is InChI=1S/C18H17N3O3S/c1-12-11-17(19-15-9-5-3-7-13(12)15)20-21-18(22)14-8-4-6-10-16(14)25(2,23)24/h3-11H,1-2H3,(H,19,20)(H,21,22). The van der Waals surface area contributed by atoms with E-state index in [1.165, 1.54) is 12.1 Å². The summed E-state index contributed by atoms with van der Waals surface area (Å²) in [6.45, 7) is 1.95. The topological polar surface area (TPSA) is 88.2 Å². The molecule has 0 atom stereocenters. The van der Waals surface area contributed by atoms with E-state index in [1.807, 2.05) is 37.3 Å². The first-order valence-electron chi connectivity index (χ1n) is 7.58. The number of fused-ring (bicyclic) bond motifs is 1. The molecule has 6 nitrogen and oxygen atoms in total. The van der Waals surface area contributed by atoms with Crippen LogP contribution in [-0.2, 0) is 9.84 Å². The normalized spacial score (nSPS) is 11.3. The molecule has 3 aromatic rings. The molecule has 0 aliphatic carbocycles. The number of carbonyl (C=O) groups excluding carboxylic acids is 1. The van der Waals surface area contributed by atoms with Crippen molar-refractivity contribution in [1.29, 1.82) is 0 Å². The number of hydrazine groups is 1. The monoisotopic (exact) mass is 355 g/mol. The molecule has 0 aliphatic heterocycles. The van der Waals surface area contributed by atoms with Gasteiger partial charge >= 0.3 is 0 Å². The number of pyridine rings is 1. The molecule has 0 spiro atoms. The molecule has 0 aliphatic rings. The highest BCUT2D eigenvalue weighted by Gasteiger charge is 2.18. The number of carbonyl (C=O) groups is 1. The van der Waals surface area contributed by atoms with Crippen LogP contribution in [0.1, 0.15) is 15.9 Å². The van der Waals surface area contributed by atoms with Crippen LogP contribution in [0.4, 0.5) is 5.82 Å². The van der Waals surface area contributed by atoms with Gasteiger partial charge in [0.1, 0.15) is 5.82 Å². The number of sulfone groups is 1. The number of amides is 1. The van der Waals surface area contributed by atoms with Crippen LogP contribution in [0.3, 0.4) is 0 Å².